The average Bonchev–Trinajstić information content (AvgIpc) is 3.03. The molecule has 1 aliphatic heterocycles. The van der Waals surface area contributed by atoms with Crippen LogP contribution in [0.2, 0.25) is 0 Å². The molecular weight excluding hydrogens is 320 g/mol. The van der Waals surface area contributed by atoms with Gasteiger partial charge in [0, 0.05) is 44.7 Å². The standard InChI is InChI=1S/C19H26N2O4/c1-3-24-13-16(22)12-20-6-8-21(9-7-20)19(23)18-11-15-10-14(2)4-5-17(15)25-18/h4-5,10-11,16,22H,3,6-9,12-13H2,1-2H3. The van der Waals surface area contributed by atoms with Gasteiger partial charge in [-0.2, -0.15) is 0 Å². The van der Waals surface area contributed by atoms with Gasteiger partial charge in [0.15, 0.2) is 5.76 Å². The summed E-state index contributed by atoms with van der Waals surface area (Å²) in [4.78, 5) is 16.6. The Morgan fingerprint density at radius 2 is 2.04 bits per heavy atom. The number of carbonyl (C=O) groups is 1. The number of rotatable bonds is 6. The highest BCUT2D eigenvalue weighted by Gasteiger charge is 2.25. The predicted octanol–water partition coefficient (Wildman–Crippen LogP) is 1.90. The Kier molecular flexibility index (Phi) is 5.73. The first-order valence-electron chi connectivity index (χ1n) is 8.84. The molecule has 0 saturated carbocycles. The van der Waals surface area contributed by atoms with Crippen LogP contribution in [0.25, 0.3) is 11.0 Å². The van der Waals surface area contributed by atoms with Gasteiger partial charge in [0.2, 0.25) is 0 Å². The number of aryl methyl sites for hydroxylation is 1. The maximum atomic E-state index is 12.7. The van der Waals surface area contributed by atoms with Crippen LogP contribution in [-0.4, -0.2) is 72.9 Å². The van der Waals surface area contributed by atoms with Gasteiger partial charge >= 0.3 is 0 Å². The number of aliphatic hydroxyl groups excluding tert-OH is 1. The van der Waals surface area contributed by atoms with Crippen molar-refractivity contribution in [2.75, 3.05) is 45.9 Å². The third kappa shape index (κ3) is 4.39. The summed E-state index contributed by atoms with van der Waals surface area (Å²) in [6.07, 6.45) is -0.485. The Morgan fingerprint density at radius 1 is 1.28 bits per heavy atom. The van der Waals surface area contributed by atoms with Gasteiger partial charge in [0.25, 0.3) is 5.91 Å². The molecule has 0 aliphatic carbocycles. The van der Waals surface area contributed by atoms with Crippen molar-refractivity contribution < 1.29 is 19.1 Å². The Balaban J connectivity index is 1.55. The minimum absolute atomic E-state index is 0.0663. The van der Waals surface area contributed by atoms with Crippen molar-refractivity contribution in [2.24, 2.45) is 0 Å². The number of piperazine rings is 1. The van der Waals surface area contributed by atoms with E-state index in [1.54, 1.807) is 0 Å². The van der Waals surface area contributed by atoms with Gasteiger partial charge in [-0.15, -0.1) is 0 Å². The van der Waals surface area contributed by atoms with Crippen molar-refractivity contribution in [2.45, 2.75) is 20.0 Å². The fraction of sp³-hybridized carbons (Fsp3) is 0.526. The van der Waals surface area contributed by atoms with Crippen molar-refractivity contribution in [1.29, 1.82) is 0 Å². The number of carbonyl (C=O) groups excluding carboxylic acids is 1. The first-order valence-corrected chi connectivity index (χ1v) is 8.84. The maximum absolute atomic E-state index is 12.7. The Morgan fingerprint density at radius 3 is 2.76 bits per heavy atom. The summed E-state index contributed by atoms with van der Waals surface area (Å²) in [5, 5.41) is 10.9. The van der Waals surface area contributed by atoms with Crippen LogP contribution < -0.4 is 0 Å². The first kappa shape index (κ1) is 17.9. The van der Waals surface area contributed by atoms with E-state index in [1.165, 1.54) is 0 Å². The second-order valence-electron chi connectivity index (χ2n) is 6.56. The molecule has 1 N–H and O–H groups in total. The molecule has 1 amide bonds. The zero-order valence-corrected chi connectivity index (χ0v) is 14.9. The molecule has 2 aromatic rings. The Hall–Kier alpha value is -1.89. The van der Waals surface area contributed by atoms with E-state index in [1.807, 2.05) is 43.0 Å². The van der Waals surface area contributed by atoms with Gasteiger partial charge in [-0.1, -0.05) is 11.6 Å². The average molecular weight is 346 g/mol. The van der Waals surface area contributed by atoms with E-state index in [0.29, 0.717) is 38.6 Å². The van der Waals surface area contributed by atoms with E-state index in [0.717, 1.165) is 29.6 Å². The first-order chi connectivity index (χ1) is 12.1. The molecule has 1 saturated heterocycles. The Labute approximate surface area is 148 Å². The normalized spacial score (nSPS) is 17.2. The van der Waals surface area contributed by atoms with Crippen LogP contribution in [0.15, 0.2) is 28.7 Å². The minimum Gasteiger partial charge on any atom is -0.451 e. The fourth-order valence-corrected chi connectivity index (χ4v) is 3.16. The second kappa shape index (κ2) is 7.99. The molecule has 6 heteroatoms. The van der Waals surface area contributed by atoms with Crippen molar-refractivity contribution in [3.05, 3.63) is 35.6 Å². The summed E-state index contributed by atoms with van der Waals surface area (Å²) in [7, 11) is 0. The van der Waals surface area contributed by atoms with E-state index in [-0.39, 0.29) is 5.91 Å². The fourth-order valence-electron chi connectivity index (χ4n) is 3.16. The van der Waals surface area contributed by atoms with E-state index in [2.05, 4.69) is 4.90 Å². The third-order valence-corrected chi connectivity index (χ3v) is 4.53. The largest absolute Gasteiger partial charge is 0.451 e. The molecule has 1 aromatic carbocycles. The highest BCUT2D eigenvalue weighted by Crippen LogP contribution is 2.22. The topological polar surface area (TPSA) is 66.2 Å². The summed E-state index contributed by atoms with van der Waals surface area (Å²) in [6.45, 7) is 8.23. The van der Waals surface area contributed by atoms with E-state index >= 15 is 0 Å². The number of ether oxygens (including phenoxy) is 1. The lowest BCUT2D eigenvalue weighted by atomic mass is 10.2. The minimum atomic E-state index is -0.485. The quantitative estimate of drug-likeness (QED) is 0.865. The van der Waals surface area contributed by atoms with Crippen LogP contribution in [-0.2, 0) is 4.74 Å². The van der Waals surface area contributed by atoms with Crippen molar-refractivity contribution >= 4 is 16.9 Å². The lowest BCUT2D eigenvalue weighted by molar-refractivity contribution is 0.0108. The highest BCUT2D eigenvalue weighted by atomic mass is 16.5. The molecule has 1 fully saturated rings. The Bertz CT molecular complexity index is 719. The molecule has 6 nitrogen and oxygen atoms in total. The van der Waals surface area contributed by atoms with E-state index in [9.17, 15) is 9.90 Å². The number of aliphatic hydroxyl groups is 1. The predicted molar refractivity (Wildman–Crippen MR) is 95.8 cm³/mol. The van der Waals surface area contributed by atoms with E-state index in [4.69, 9.17) is 9.15 Å². The number of hydrogen-bond donors (Lipinski definition) is 1. The van der Waals surface area contributed by atoms with Crippen LogP contribution in [0, 0.1) is 6.92 Å². The molecule has 0 radical (unpaired) electrons. The molecule has 136 valence electrons. The van der Waals surface area contributed by atoms with Crippen LogP contribution in [0.4, 0.5) is 0 Å². The molecule has 2 heterocycles. The number of furan rings is 1. The maximum Gasteiger partial charge on any atom is 0.289 e. The highest BCUT2D eigenvalue weighted by molar-refractivity contribution is 5.96. The number of β-amino-alcohol motifs (C(OH)–C–C–N with tert-alkyl or cyclic N) is 1. The van der Waals surface area contributed by atoms with Crippen LogP contribution in [0.1, 0.15) is 23.0 Å². The number of hydrogen-bond acceptors (Lipinski definition) is 5. The van der Waals surface area contributed by atoms with Crippen LogP contribution >= 0.6 is 0 Å². The summed E-state index contributed by atoms with van der Waals surface area (Å²) < 4.78 is 10.9. The zero-order valence-electron chi connectivity index (χ0n) is 14.9. The van der Waals surface area contributed by atoms with E-state index < -0.39 is 6.10 Å². The molecule has 1 aliphatic rings. The van der Waals surface area contributed by atoms with Gasteiger partial charge < -0.3 is 19.2 Å². The molecule has 25 heavy (non-hydrogen) atoms. The van der Waals surface area contributed by atoms with Crippen molar-refractivity contribution in [3.63, 3.8) is 0 Å². The van der Waals surface area contributed by atoms with Gasteiger partial charge in [0.1, 0.15) is 5.58 Å². The lowest BCUT2D eigenvalue weighted by Crippen LogP contribution is -2.50. The zero-order chi connectivity index (χ0) is 17.8. The number of nitrogens with zero attached hydrogens (tertiary/aromatic N) is 2. The van der Waals surface area contributed by atoms with Crippen molar-refractivity contribution in [1.82, 2.24) is 9.80 Å². The van der Waals surface area contributed by atoms with Gasteiger partial charge in [-0.25, -0.2) is 0 Å². The molecular formula is C19H26N2O4. The van der Waals surface area contributed by atoms with Gasteiger partial charge in [-0.05, 0) is 32.0 Å². The van der Waals surface area contributed by atoms with Crippen molar-refractivity contribution in [3.8, 4) is 0 Å². The monoisotopic (exact) mass is 346 g/mol. The number of amides is 1. The van der Waals surface area contributed by atoms with Crippen LogP contribution in [0.3, 0.4) is 0 Å². The number of benzene rings is 1. The number of fused-ring (bicyclic) bond motifs is 1. The molecule has 1 unspecified atom stereocenters. The van der Waals surface area contributed by atoms with Crippen LogP contribution in [0.5, 0.6) is 0 Å². The van der Waals surface area contributed by atoms with Gasteiger partial charge in [0.05, 0.1) is 12.7 Å². The SMILES string of the molecule is CCOCC(O)CN1CCN(C(=O)c2cc3cc(C)ccc3o2)CC1. The molecule has 3 rings (SSSR count). The third-order valence-electron chi connectivity index (χ3n) is 4.53. The molecule has 1 atom stereocenters. The summed E-state index contributed by atoms with van der Waals surface area (Å²) in [6, 6.07) is 7.72. The lowest BCUT2D eigenvalue weighted by Gasteiger charge is -2.35. The smallest absolute Gasteiger partial charge is 0.289 e. The summed E-state index contributed by atoms with van der Waals surface area (Å²) >= 11 is 0. The van der Waals surface area contributed by atoms with Gasteiger partial charge in [-0.3, -0.25) is 9.69 Å². The summed E-state index contributed by atoms with van der Waals surface area (Å²) in [5.74, 6) is 0.328. The molecule has 0 bridgehead atoms. The molecule has 0 spiro atoms. The summed E-state index contributed by atoms with van der Waals surface area (Å²) in [5.41, 5.74) is 1.89. The second-order valence-corrected chi connectivity index (χ2v) is 6.56. The molecule has 1 aromatic heterocycles.